The number of hydrogen-bond acceptors (Lipinski definition) is 13. The predicted octanol–water partition coefficient (Wildman–Crippen LogP) is 9.86. The molecule has 0 atom stereocenters. The van der Waals surface area contributed by atoms with Gasteiger partial charge in [0.1, 0.15) is 11.6 Å². The lowest BCUT2D eigenvalue weighted by Gasteiger charge is -2.14. The van der Waals surface area contributed by atoms with Gasteiger partial charge >= 0.3 is 0 Å². The van der Waals surface area contributed by atoms with E-state index in [0.29, 0.717) is 47.4 Å². The fourth-order valence-corrected chi connectivity index (χ4v) is 8.29. The highest BCUT2D eigenvalue weighted by Gasteiger charge is 2.17. The van der Waals surface area contributed by atoms with E-state index in [-0.39, 0.29) is 5.75 Å². The highest BCUT2D eigenvalue weighted by Crippen LogP contribution is 2.36. The summed E-state index contributed by atoms with van der Waals surface area (Å²) in [6.07, 6.45) is 11.3. The van der Waals surface area contributed by atoms with Gasteiger partial charge < -0.3 is 16.4 Å². The Balaban J connectivity index is 0.000000167. The van der Waals surface area contributed by atoms with E-state index in [2.05, 4.69) is 67.0 Å². The molecule has 6 aromatic heterocycles. The van der Waals surface area contributed by atoms with Crippen molar-refractivity contribution in [3.8, 4) is 45.0 Å². The molecule has 0 aliphatic heterocycles. The van der Waals surface area contributed by atoms with Gasteiger partial charge in [0.05, 0.1) is 57.7 Å². The lowest BCUT2D eigenvalue weighted by molar-refractivity contribution is 0.601. The Kier molecular flexibility index (Phi) is 12.6. The Morgan fingerprint density at radius 2 is 0.985 bits per heavy atom. The van der Waals surface area contributed by atoms with Crippen molar-refractivity contribution in [2.24, 2.45) is 0 Å². The van der Waals surface area contributed by atoms with Gasteiger partial charge in [-0.25, -0.2) is 28.4 Å². The number of pyridine rings is 4. The van der Waals surface area contributed by atoms with Gasteiger partial charge in [-0.15, -0.1) is 0 Å². The molecule has 10 aromatic rings. The fourth-order valence-electron chi connectivity index (χ4n) is 7.52. The average molecular weight is 886 g/mol. The number of rotatable bonds is 12. The van der Waals surface area contributed by atoms with Crippen LogP contribution in [0.2, 0.25) is 0 Å². The molecule has 0 bridgehead atoms. The lowest BCUT2D eigenvalue weighted by Crippen LogP contribution is -2.06. The molecule has 0 spiro atoms. The van der Waals surface area contributed by atoms with E-state index in [0.717, 1.165) is 66.8 Å². The van der Waals surface area contributed by atoms with Crippen LogP contribution < -0.4 is 16.4 Å². The van der Waals surface area contributed by atoms with E-state index in [1.807, 2.05) is 103 Å². The maximum absolute atomic E-state index is 11.8. The summed E-state index contributed by atoms with van der Waals surface area (Å²) in [7, 11) is -3.19. The van der Waals surface area contributed by atoms with Crippen LogP contribution in [-0.4, -0.2) is 54.5 Å². The summed E-state index contributed by atoms with van der Waals surface area (Å²) in [5.41, 5.74) is 16.2. The summed E-state index contributed by atoms with van der Waals surface area (Å²) in [6.45, 7) is 1.03. The Hall–Kier alpha value is -8.49. The van der Waals surface area contributed by atoms with Crippen molar-refractivity contribution in [2.75, 3.05) is 22.6 Å². The molecule has 4 aromatic carbocycles. The van der Waals surface area contributed by atoms with E-state index in [1.54, 1.807) is 43.2 Å². The molecule has 0 aliphatic rings. The number of nitrogens with one attached hydrogen (secondary N) is 2. The number of sulfone groups is 1. The smallest absolute Gasteiger partial charge is 0.163 e. The van der Waals surface area contributed by atoms with Crippen LogP contribution in [0.5, 0.6) is 0 Å². The summed E-state index contributed by atoms with van der Waals surface area (Å²) >= 11 is 0. The molecule has 324 valence electrons. The molecule has 0 saturated carbocycles. The largest absolute Gasteiger partial charge is 0.397 e. The van der Waals surface area contributed by atoms with Crippen LogP contribution in [0.1, 0.15) is 17.0 Å². The Morgan fingerprint density at radius 1 is 0.500 bits per heavy atom. The number of nitrogens with zero attached hydrogens (tertiary/aromatic N) is 8. The molecular weight excluding hydrogens is 843 g/mol. The molecular formula is C52H43N11O2S. The minimum Gasteiger partial charge on any atom is -0.397 e. The lowest BCUT2D eigenvalue weighted by atomic mass is 10.0. The zero-order valence-electron chi connectivity index (χ0n) is 35.8. The molecule has 0 unspecified atom stereocenters. The van der Waals surface area contributed by atoms with Crippen molar-refractivity contribution in [1.82, 2.24) is 39.9 Å². The normalized spacial score (nSPS) is 11.2. The summed E-state index contributed by atoms with van der Waals surface area (Å²) in [5, 5.41) is 8.79. The third kappa shape index (κ3) is 10.3. The van der Waals surface area contributed by atoms with Crippen LogP contribution >= 0.6 is 0 Å². The van der Waals surface area contributed by atoms with Crippen LogP contribution in [0.25, 0.3) is 66.8 Å². The van der Waals surface area contributed by atoms with Gasteiger partial charge in [-0.05, 0) is 76.3 Å². The maximum Gasteiger partial charge on any atom is 0.163 e. The van der Waals surface area contributed by atoms with Gasteiger partial charge in [0.15, 0.2) is 21.5 Å². The van der Waals surface area contributed by atoms with Crippen molar-refractivity contribution in [3.63, 3.8) is 0 Å². The summed E-state index contributed by atoms with van der Waals surface area (Å²) < 4.78 is 23.6. The monoisotopic (exact) mass is 885 g/mol. The second-order valence-corrected chi connectivity index (χ2v) is 17.6. The predicted molar refractivity (Wildman–Crippen MR) is 262 cm³/mol. The quantitative estimate of drug-likeness (QED) is 0.105. The number of benzene rings is 4. The molecule has 66 heavy (non-hydrogen) atoms. The van der Waals surface area contributed by atoms with Gasteiger partial charge in [0, 0.05) is 54.6 Å². The van der Waals surface area contributed by atoms with Crippen LogP contribution in [0.15, 0.2) is 183 Å². The Morgan fingerprint density at radius 3 is 1.45 bits per heavy atom. The third-order valence-corrected chi connectivity index (χ3v) is 11.3. The number of hydrogen-bond donors (Lipinski definition) is 3. The molecule has 10 rings (SSSR count). The third-order valence-electron chi connectivity index (χ3n) is 10.4. The van der Waals surface area contributed by atoms with Crippen molar-refractivity contribution in [1.29, 1.82) is 0 Å². The summed E-state index contributed by atoms with van der Waals surface area (Å²) in [5.74, 6) is 2.36. The van der Waals surface area contributed by atoms with Crippen LogP contribution in [-0.2, 0) is 28.7 Å². The van der Waals surface area contributed by atoms with Gasteiger partial charge in [0.25, 0.3) is 0 Å². The molecule has 6 heterocycles. The summed E-state index contributed by atoms with van der Waals surface area (Å²) in [6, 6.07) is 47.7. The van der Waals surface area contributed by atoms with E-state index in [1.165, 1.54) is 6.26 Å². The topological polar surface area (TPSA) is 187 Å². The van der Waals surface area contributed by atoms with E-state index < -0.39 is 9.84 Å². The van der Waals surface area contributed by atoms with Gasteiger partial charge in [0.2, 0.25) is 0 Å². The second-order valence-electron chi connectivity index (χ2n) is 15.4. The second kappa shape index (κ2) is 19.5. The van der Waals surface area contributed by atoms with E-state index in [4.69, 9.17) is 25.7 Å². The molecule has 0 aliphatic carbocycles. The molecule has 0 radical (unpaired) electrons. The Labute approximate surface area is 381 Å². The number of anilines is 3. The average Bonchev–Trinajstić information content (AvgIpc) is 3.35. The molecule has 4 N–H and O–H groups in total. The zero-order chi connectivity index (χ0) is 45.3. The minimum atomic E-state index is -3.19. The number of nitrogens with two attached hydrogens (primary N) is 1. The first-order chi connectivity index (χ1) is 32.2. The number of nitrogen functional groups attached to an aromatic ring is 1. The maximum atomic E-state index is 11.8. The first kappa shape index (κ1) is 42.8. The van der Waals surface area contributed by atoms with Crippen LogP contribution in [0.3, 0.4) is 0 Å². The number of fused-ring (bicyclic) bond motifs is 2. The standard InChI is InChI=1S/C27H23N5O2S.C25H20N6/c1-35(33,34)18-19-14-21(16-28-15-19)26-31-24-12-7-11-23(20-8-3-2-4-9-20)25(24)27(32-26)30-17-22-10-5-6-13-29-22;26-19-13-18(14-27-15-19)24-30-22-11-6-10-21(17-7-2-1-3-8-17)23(22)25(31-24)29-16-20-9-4-5-12-28-20/h2-16H,17-18H2,1H3,(H,30,31,32);1-15H,16,26H2,(H,29,30,31). The number of aromatic nitrogens is 8. The van der Waals surface area contributed by atoms with E-state index >= 15 is 0 Å². The van der Waals surface area contributed by atoms with Crippen molar-refractivity contribution >= 4 is 49.0 Å². The first-order valence-electron chi connectivity index (χ1n) is 21.1. The first-order valence-corrected chi connectivity index (χ1v) is 23.1. The molecule has 0 saturated heterocycles. The van der Waals surface area contributed by atoms with E-state index in [9.17, 15) is 8.42 Å². The highest BCUT2D eigenvalue weighted by molar-refractivity contribution is 7.89. The van der Waals surface area contributed by atoms with Crippen LogP contribution in [0, 0.1) is 0 Å². The van der Waals surface area contributed by atoms with Gasteiger partial charge in [-0.2, -0.15) is 0 Å². The molecule has 0 fully saturated rings. The van der Waals surface area contributed by atoms with Crippen molar-refractivity contribution < 1.29 is 8.42 Å². The Bertz CT molecular complexity index is 3380. The fraction of sp³-hybridized carbons (Fsp3) is 0.0769. The van der Waals surface area contributed by atoms with Gasteiger partial charge in [-0.1, -0.05) is 97.1 Å². The summed E-state index contributed by atoms with van der Waals surface area (Å²) in [4.78, 5) is 36.6. The highest BCUT2D eigenvalue weighted by atomic mass is 32.2. The van der Waals surface area contributed by atoms with Gasteiger partial charge in [-0.3, -0.25) is 19.9 Å². The van der Waals surface area contributed by atoms with Crippen molar-refractivity contribution in [3.05, 3.63) is 200 Å². The molecule has 14 heteroatoms. The van der Waals surface area contributed by atoms with Crippen LogP contribution in [0.4, 0.5) is 17.3 Å². The zero-order valence-corrected chi connectivity index (χ0v) is 36.6. The SMILES string of the molecule is CS(=O)(=O)Cc1cncc(-c2nc(NCc3ccccn3)c3c(-c4ccccc4)cccc3n2)c1.Nc1cncc(-c2nc(NCc3ccccn3)c3c(-c4ccccc4)cccc3n2)c1. The minimum absolute atomic E-state index is 0.0929. The molecule has 0 amide bonds. The van der Waals surface area contributed by atoms with Crippen molar-refractivity contribution in [2.45, 2.75) is 18.8 Å². The molecule has 13 nitrogen and oxygen atoms in total.